The summed E-state index contributed by atoms with van der Waals surface area (Å²) in [5.74, 6) is 1.08. The fraction of sp³-hybridized carbons (Fsp3) is 0.214. The molecule has 1 aliphatic heterocycles. The second-order valence-corrected chi connectivity index (χ2v) is 4.59. The van der Waals surface area contributed by atoms with Gasteiger partial charge in [-0.25, -0.2) is 0 Å². The van der Waals surface area contributed by atoms with Crippen molar-refractivity contribution >= 4 is 28.2 Å². The highest BCUT2D eigenvalue weighted by Gasteiger charge is 2.09. The fourth-order valence-corrected chi connectivity index (χ4v) is 2.45. The van der Waals surface area contributed by atoms with Crippen LogP contribution in [-0.2, 0) is 6.42 Å². The third-order valence-electron chi connectivity index (χ3n) is 3.06. The van der Waals surface area contributed by atoms with Gasteiger partial charge in [0, 0.05) is 23.4 Å². The van der Waals surface area contributed by atoms with E-state index in [2.05, 4.69) is 28.5 Å². The Bertz CT molecular complexity index is 590. The molecule has 0 saturated carbocycles. The lowest BCUT2D eigenvalue weighted by molar-refractivity contribution is 0.954. The van der Waals surface area contributed by atoms with E-state index in [-0.39, 0.29) is 0 Å². The summed E-state index contributed by atoms with van der Waals surface area (Å²) >= 11 is 6.20. The summed E-state index contributed by atoms with van der Waals surface area (Å²) in [6, 6.07) is 12.3. The first kappa shape index (κ1) is 10.6. The number of rotatable bonds is 2. The van der Waals surface area contributed by atoms with Gasteiger partial charge in [0.05, 0.1) is 6.54 Å². The second kappa shape index (κ2) is 4.38. The van der Waals surface area contributed by atoms with Crippen molar-refractivity contribution < 1.29 is 0 Å². The summed E-state index contributed by atoms with van der Waals surface area (Å²) in [6.07, 6.45) is 0.859. The van der Waals surface area contributed by atoms with Crippen molar-refractivity contribution in [3.8, 4) is 0 Å². The number of halogens is 1. The smallest absolute Gasteiger partial charge is 0.101 e. The SMILES string of the molecule is Clc1ccc(CC2=NCCN2)c2ccccc12. The summed E-state index contributed by atoms with van der Waals surface area (Å²) in [4.78, 5) is 4.43. The maximum absolute atomic E-state index is 6.20. The molecule has 0 amide bonds. The maximum Gasteiger partial charge on any atom is 0.101 e. The summed E-state index contributed by atoms with van der Waals surface area (Å²) in [7, 11) is 0. The van der Waals surface area contributed by atoms with Crippen molar-refractivity contribution in [3.05, 3.63) is 47.0 Å². The number of benzene rings is 2. The van der Waals surface area contributed by atoms with Crippen LogP contribution in [0.3, 0.4) is 0 Å². The third-order valence-corrected chi connectivity index (χ3v) is 3.39. The van der Waals surface area contributed by atoms with Crippen molar-refractivity contribution in [1.82, 2.24) is 5.32 Å². The third kappa shape index (κ3) is 2.01. The van der Waals surface area contributed by atoms with Gasteiger partial charge in [-0.15, -0.1) is 0 Å². The molecule has 1 aliphatic rings. The minimum absolute atomic E-state index is 0.811. The van der Waals surface area contributed by atoms with Crippen molar-refractivity contribution in [3.63, 3.8) is 0 Å². The Hall–Kier alpha value is -1.54. The number of nitrogens with one attached hydrogen (secondary N) is 1. The topological polar surface area (TPSA) is 24.4 Å². The number of hydrogen-bond acceptors (Lipinski definition) is 2. The van der Waals surface area contributed by atoms with Gasteiger partial charge in [0.25, 0.3) is 0 Å². The van der Waals surface area contributed by atoms with E-state index in [4.69, 9.17) is 11.6 Å². The van der Waals surface area contributed by atoms with Crippen LogP contribution in [0, 0.1) is 0 Å². The van der Waals surface area contributed by atoms with Crippen LogP contribution in [0.25, 0.3) is 10.8 Å². The molecule has 2 aromatic carbocycles. The first-order valence-corrected chi connectivity index (χ1v) is 6.16. The summed E-state index contributed by atoms with van der Waals surface area (Å²) in [5.41, 5.74) is 1.28. The molecule has 0 fully saturated rings. The Morgan fingerprint density at radius 2 is 1.94 bits per heavy atom. The van der Waals surface area contributed by atoms with Gasteiger partial charge in [-0.3, -0.25) is 4.99 Å². The molecule has 86 valence electrons. The average Bonchev–Trinajstić information content (AvgIpc) is 2.86. The van der Waals surface area contributed by atoms with Crippen LogP contribution in [0.4, 0.5) is 0 Å². The van der Waals surface area contributed by atoms with E-state index in [0.29, 0.717) is 0 Å². The molecule has 3 rings (SSSR count). The van der Waals surface area contributed by atoms with Crippen molar-refractivity contribution in [1.29, 1.82) is 0 Å². The van der Waals surface area contributed by atoms with E-state index in [1.807, 2.05) is 18.2 Å². The van der Waals surface area contributed by atoms with E-state index in [1.165, 1.54) is 10.9 Å². The van der Waals surface area contributed by atoms with E-state index in [0.717, 1.165) is 35.8 Å². The fourth-order valence-electron chi connectivity index (χ4n) is 2.22. The Labute approximate surface area is 105 Å². The highest BCUT2D eigenvalue weighted by molar-refractivity contribution is 6.35. The van der Waals surface area contributed by atoms with Gasteiger partial charge in [0.15, 0.2) is 0 Å². The summed E-state index contributed by atoms with van der Waals surface area (Å²) < 4.78 is 0. The first-order chi connectivity index (χ1) is 8.34. The minimum atomic E-state index is 0.811. The summed E-state index contributed by atoms with van der Waals surface area (Å²) in [5, 5.41) is 6.45. The zero-order valence-electron chi connectivity index (χ0n) is 9.41. The van der Waals surface area contributed by atoms with Gasteiger partial charge in [-0.2, -0.15) is 0 Å². The zero-order valence-corrected chi connectivity index (χ0v) is 10.2. The predicted octanol–water partition coefficient (Wildman–Crippen LogP) is 3.04. The Balaban J connectivity index is 2.07. The molecule has 1 heterocycles. The number of amidine groups is 1. The molecule has 0 unspecified atom stereocenters. The lowest BCUT2D eigenvalue weighted by Gasteiger charge is -2.08. The van der Waals surface area contributed by atoms with Crippen LogP contribution in [0.1, 0.15) is 5.56 Å². The molecule has 1 N–H and O–H groups in total. The maximum atomic E-state index is 6.20. The van der Waals surface area contributed by atoms with E-state index < -0.39 is 0 Å². The zero-order chi connectivity index (χ0) is 11.7. The number of hydrogen-bond donors (Lipinski definition) is 1. The van der Waals surface area contributed by atoms with Gasteiger partial charge in [0.1, 0.15) is 5.84 Å². The standard InChI is InChI=1S/C14H13ClN2/c15-13-6-5-10(9-14-16-7-8-17-14)11-3-1-2-4-12(11)13/h1-6H,7-9H2,(H,16,17). The van der Waals surface area contributed by atoms with E-state index >= 15 is 0 Å². The highest BCUT2D eigenvalue weighted by Crippen LogP contribution is 2.26. The molecule has 0 aliphatic carbocycles. The van der Waals surface area contributed by atoms with Crippen molar-refractivity contribution in [2.45, 2.75) is 6.42 Å². The molecule has 3 heteroatoms. The summed E-state index contributed by atoms with van der Waals surface area (Å²) in [6.45, 7) is 1.85. The van der Waals surface area contributed by atoms with Crippen LogP contribution in [0.5, 0.6) is 0 Å². The monoisotopic (exact) mass is 244 g/mol. The van der Waals surface area contributed by atoms with Gasteiger partial charge in [-0.1, -0.05) is 41.9 Å². The van der Waals surface area contributed by atoms with E-state index in [9.17, 15) is 0 Å². The molecule has 17 heavy (non-hydrogen) atoms. The molecule has 0 aromatic heterocycles. The van der Waals surface area contributed by atoms with Gasteiger partial charge in [0.2, 0.25) is 0 Å². The number of aliphatic imine (C=N–C) groups is 1. The van der Waals surface area contributed by atoms with Gasteiger partial charge >= 0.3 is 0 Å². The molecular weight excluding hydrogens is 232 g/mol. The average molecular weight is 245 g/mol. The van der Waals surface area contributed by atoms with Crippen LogP contribution in [0.2, 0.25) is 5.02 Å². The van der Waals surface area contributed by atoms with Gasteiger partial charge < -0.3 is 5.32 Å². The van der Waals surface area contributed by atoms with Gasteiger partial charge in [-0.05, 0) is 17.0 Å². The molecule has 0 spiro atoms. The lowest BCUT2D eigenvalue weighted by atomic mass is 10.0. The van der Waals surface area contributed by atoms with E-state index in [1.54, 1.807) is 0 Å². The number of nitrogens with zero attached hydrogens (tertiary/aromatic N) is 1. The Morgan fingerprint density at radius 1 is 1.12 bits per heavy atom. The Morgan fingerprint density at radius 3 is 2.71 bits per heavy atom. The quantitative estimate of drug-likeness (QED) is 0.863. The van der Waals surface area contributed by atoms with Crippen molar-refractivity contribution in [2.24, 2.45) is 4.99 Å². The predicted molar refractivity (Wildman–Crippen MR) is 73.0 cm³/mol. The first-order valence-electron chi connectivity index (χ1n) is 5.78. The molecular formula is C14H13ClN2. The largest absolute Gasteiger partial charge is 0.372 e. The Kier molecular flexibility index (Phi) is 2.73. The highest BCUT2D eigenvalue weighted by atomic mass is 35.5. The molecule has 0 atom stereocenters. The van der Waals surface area contributed by atoms with Crippen molar-refractivity contribution in [2.75, 3.05) is 13.1 Å². The number of fused-ring (bicyclic) bond motifs is 1. The molecule has 2 aromatic rings. The van der Waals surface area contributed by atoms with Crippen LogP contribution in [0.15, 0.2) is 41.4 Å². The lowest BCUT2D eigenvalue weighted by Crippen LogP contribution is -2.20. The van der Waals surface area contributed by atoms with Crippen LogP contribution >= 0.6 is 11.6 Å². The molecule has 0 saturated heterocycles. The molecule has 0 bridgehead atoms. The van der Waals surface area contributed by atoms with Crippen LogP contribution in [-0.4, -0.2) is 18.9 Å². The molecule has 0 radical (unpaired) electrons. The second-order valence-electron chi connectivity index (χ2n) is 4.18. The minimum Gasteiger partial charge on any atom is -0.372 e. The normalized spacial score (nSPS) is 14.8. The molecule has 2 nitrogen and oxygen atoms in total. The van der Waals surface area contributed by atoms with Crippen LogP contribution < -0.4 is 5.32 Å².